The van der Waals surface area contributed by atoms with Crippen LogP contribution in [-0.2, 0) is 17.8 Å². The molecular formula is C16H20Cl2N6O2. The van der Waals surface area contributed by atoms with Crippen molar-refractivity contribution in [3.8, 4) is 0 Å². The summed E-state index contributed by atoms with van der Waals surface area (Å²) in [6, 6.07) is 5.38. The largest absolute Gasteiger partial charge is 0.374 e. The van der Waals surface area contributed by atoms with E-state index in [9.17, 15) is 4.79 Å². The van der Waals surface area contributed by atoms with Gasteiger partial charge in [0.1, 0.15) is 5.69 Å². The van der Waals surface area contributed by atoms with Gasteiger partial charge in [0, 0.05) is 26.2 Å². The molecule has 140 valence electrons. The second-order valence-corrected chi connectivity index (χ2v) is 6.82. The van der Waals surface area contributed by atoms with Crippen LogP contribution in [0.2, 0.25) is 10.0 Å². The van der Waals surface area contributed by atoms with E-state index in [-0.39, 0.29) is 12.1 Å². The summed E-state index contributed by atoms with van der Waals surface area (Å²) in [7, 11) is 0. The third-order valence-electron chi connectivity index (χ3n) is 4.00. The highest BCUT2D eigenvalue weighted by atomic mass is 35.5. The zero-order valence-electron chi connectivity index (χ0n) is 14.0. The van der Waals surface area contributed by atoms with Crippen LogP contribution in [0.1, 0.15) is 11.3 Å². The smallest absolute Gasteiger partial charge is 0.315 e. The number of carbonyl (C=O) groups is 1. The van der Waals surface area contributed by atoms with Gasteiger partial charge < -0.3 is 15.4 Å². The highest BCUT2D eigenvalue weighted by Gasteiger charge is 2.21. The first-order valence-electron chi connectivity index (χ1n) is 8.24. The Balaban J connectivity index is 1.41. The number of rotatable bonds is 6. The molecule has 1 fully saturated rings. The van der Waals surface area contributed by atoms with Crippen molar-refractivity contribution in [2.75, 3.05) is 26.2 Å². The summed E-state index contributed by atoms with van der Waals surface area (Å²) in [5.74, 6) is 0. The minimum atomic E-state index is -0.266. The first-order valence-corrected chi connectivity index (χ1v) is 9.00. The average molecular weight is 399 g/mol. The molecule has 1 aliphatic heterocycles. The Labute approximate surface area is 161 Å². The molecule has 8 nitrogen and oxygen atoms in total. The van der Waals surface area contributed by atoms with Gasteiger partial charge in [-0.2, -0.15) is 15.4 Å². The predicted molar refractivity (Wildman–Crippen MR) is 98.1 cm³/mol. The Hall–Kier alpha value is -1.87. The maximum absolute atomic E-state index is 11.8. The lowest BCUT2D eigenvalue weighted by molar-refractivity contribution is -0.0287. The van der Waals surface area contributed by atoms with Gasteiger partial charge in [0.25, 0.3) is 0 Å². The zero-order valence-corrected chi connectivity index (χ0v) is 15.6. The van der Waals surface area contributed by atoms with Gasteiger partial charge in [-0.15, -0.1) is 0 Å². The van der Waals surface area contributed by atoms with E-state index in [1.807, 2.05) is 12.1 Å². The molecule has 26 heavy (non-hydrogen) atoms. The summed E-state index contributed by atoms with van der Waals surface area (Å²) < 4.78 is 5.73. The van der Waals surface area contributed by atoms with Crippen LogP contribution in [0.15, 0.2) is 24.4 Å². The van der Waals surface area contributed by atoms with Gasteiger partial charge in [0.15, 0.2) is 0 Å². The summed E-state index contributed by atoms with van der Waals surface area (Å²) >= 11 is 12.0. The third-order valence-corrected chi connectivity index (χ3v) is 4.74. The van der Waals surface area contributed by atoms with E-state index in [0.29, 0.717) is 35.4 Å². The summed E-state index contributed by atoms with van der Waals surface area (Å²) in [4.78, 5) is 14.1. The fourth-order valence-electron chi connectivity index (χ4n) is 2.69. The van der Waals surface area contributed by atoms with Crippen molar-refractivity contribution >= 4 is 29.2 Å². The van der Waals surface area contributed by atoms with E-state index in [4.69, 9.17) is 27.9 Å². The number of carbonyl (C=O) groups excluding carboxylic acids is 1. The van der Waals surface area contributed by atoms with Gasteiger partial charge in [-0.3, -0.25) is 4.90 Å². The number of morpholine rings is 1. The Morgan fingerprint density at radius 1 is 1.35 bits per heavy atom. The quantitative estimate of drug-likeness (QED) is 0.689. The number of amides is 2. The lowest BCUT2D eigenvalue weighted by atomic mass is 10.2. The number of hydrogen-bond acceptors (Lipinski definition) is 5. The Bertz CT molecular complexity index is 728. The first-order chi connectivity index (χ1) is 12.6. The van der Waals surface area contributed by atoms with Crippen molar-refractivity contribution in [1.29, 1.82) is 0 Å². The lowest BCUT2D eigenvalue weighted by Gasteiger charge is -2.33. The first kappa shape index (κ1) is 18.9. The Morgan fingerprint density at radius 2 is 2.23 bits per heavy atom. The summed E-state index contributed by atoms with van der Waals surface area (Å²) in [6.07, 6.45) is 1.50. The van der Waals surface area contributed by atoms with Crippen LogP contribution in [-0.4, -0.2) is 58.7 Å². The van der Waals surface area contributed by atoms with E-state index < -0.39 is 0 Å². The van der Waals surface area contributed by atoms with E-state index in [2.05, 4.69) is 30.9 Å². The standard InChI is InChI=1S/C16H20Cl2N6O2/c17-14-2-1-11(5-15(14)18)9-24-3-4-26-13(10-24)8-20-16(25)19-6-12-7-21-23-22-12/h1-2,5,7,13H,3-4,6,8-10H2,(H2,19,20,25)(H,21,22,23)/t13-/m0/s1. The number of ether oxygens (including phenoxy) is 1. The maximum Gasteiger partial charge on any atom is 0.315 e. The topological polar surface area (TPSA) is 95.2 Å². The van der Waals surface area contributed by atoms with Crippen molar-refractivity contribution in [3.05, 3.63) is 45.7 Å². The van der Waals surface area contributed by atoms with E-state index >= 15 is 0 Å². The van der Waals surface area contributed by atoms with Crippen molar-refractivity contribution in [1.82, 2.24) is 30.9 Å². The molecular weight excluding hydrogens is 379 g/mol. The van der Waals surface area contributed by atoms with Crippen molar-refractivity contribution in [2.24, 2.45) is 0 Å². The van der Waals surface area contributed by atoms with Crippen LogP contribution in [0.5, 0.6) is 0 Å². The molecule has 1 saturated heterocycles. The van der Waals surface area contributed by atoms with Gasteiger partial charge in [-0.1, -0.05) is 29.3 Å². The van der Waals surface area contributed by atoms with Gasteiger partial charge in [0.2, 0.25) is 0 Å². The molecule has 1 aromatic heterocycles. The van der Waals surface area contributed by atoms with Crippen LogP contribution in [0, 0.1) is 0 Å². The number of nitrogens with zero attached hydrogens (tertiary/aromatic N) is 3. The Kier molecular flexibility index (Phi) is 6.67. The molecule has 1 aromatic carbocycles. The molecule has 0 spiro atoms. The van der Waals surface area contributed by atoms with Crippen LogP contribution >= 0.6 is 23.2 Å². The average Bonchev–Trinajstić information content (AvgIpc) is 3.15. The van der Waals surface area contributed by atoms with Gasteiger partial charge in [-0.05, 0) is 17.7 Å². The molecule has 0 saturated carbocycles. The summed E-state index contributed by atoms with van der Waals surface area (Å²) in [5.41, 5.74) is 1.76. The highest BCUT2D eigenvalue weighted by Crippen LogP contribution is 2.23. The summed E-state index contributed by atoms with van der Waals surface area (Å²) in [5, 5.41) is 16.7. The number of hydrogen-bond donors (Lipinski definition) is 3. The molecule has 2 aromatic rings. The number of urea groups is 1. The van der Waals surface area contributed by atoms with E-state index in [1.165, 1.54) is 0 Å². The molecule has 0 radical (unpaired) electrons. The normalized spacial score (nSPS) is 17.8. The van der Waals surface area contributed by atoms with Crippen molar-refractivity contribution < 1.29 is 9.53 Å². The second kappa shape index (κ2) is 9.18. The molecule has 0 aliphatic carbocycles. The van der Waals surface area contributed by atoms with Gasteiger partial charge in [-0.25, -0.2) is 4.79 Å². The minimum Gasteiger partial charge on any atom is -0.374 e. The van der Waals surface area contributed by atoms with Crippen LogP contribution < -0.4 is 10.6 Å². The SMILES string of the molecule is O=C(NCc1cn[nH]n1)NC[C@H]1CN(Cc2ccc(Cl)c(Cl)c2)CCO1. The molecule has 2 amide bonds. The minimum absolute atomic E-state index is 0.0654. The molecule has 10 heteroatoms. The van der Waals surface area contributed by atoms with Gasteiger partial charge in [0.05, 0.1) is 35.5 Å². The molecule has 2 heterocycles. The van der Waals surface area contributed by atoms with Crippen LogP contribution in [0.25, 0.3) is 0 Å². The Morgan fingerprint density at radius 3 is 3.00 bits per heavy atom. The highest BCUT2D eigenvalue weighted by molar-refractivity contribution is 6.42. The van der Waals surface area contributed by atoms with E-state index in [1.54, 1.807) is 12.3 Å². The molecule has 0 bridgehead atoms. The second-order valence-electron chi connectivity index (χ2n) is 6.00. The van der Waals surface area contributed by atoms with Crippen LogP contribution in [0.4, 0.5) is 4.79 Å². The molecule has 3 N–H and O–H groups in total. The number of aromatic amines is 1. The molecule has 1 aliphatic rings. The van der Waals surface area contributed by atoms with Crippen molar-refractivity contribution in [3.63, 3.8) is 0 Å². The number of halogens is 2. The fourth-order valence-corrected chi connectivity index (χ4v) is 3.01. The van der Waals surface area contributed by atoms with Crippen LogP contribution in [0.3, 0.4) is 0 Å². The van der Waals surface area contributed by atoms with E-state index in [0.717, 1.165) is 25.2 Å². The fraction of sp³-hybridized carbons (Fsp3) is 0.438. The molecule has 0 unspecified atom stereocenters. The number of benzene rings is 1. The van der Waals surface area contributed by atoms with Crippen molar-refractivity contribution in [2.45, 2.75) is 19.2 Å². The lowest BCUT2D eigenvalue weighted by Crippen LogP contribution is -2.48. The molecule has 3 rings (SSSR count). The molecule has 1 atom stereocenters. The predicted octanol–water partition coefficient (Wildman–Crippen LogP) is 1.81. The number of nitrogens with one attached hydrogen (secondary N) is 3. The maximum atomic E-state index is 11.8. The monoisotopic (exact) mass is 398 g/mol. The zero-order chi connectivity index (χ0) is 18.4. The third kappa shape index (κ3) is 5.57. The summed E-state index contributed by atoms with van der Waals surface area (Å²) in [6.45, 7) is 3.68. The van der Waals surface area contributed by atoms with Gasteiger partial charge >= 0.3 is 6.03 Å². The number of aromatic nitrogens is 3. The number of H-pyrrole nitrogens is 1.